The molecule has 0 bridgehead atoms. The molecule has 1 heterocycles. The number of carbonyl (C=O) groups excluding carboxylic acids is 1. The highest BCUT2D eigenvalue weighted by Crippen LogP contribution is 2.21. The predicted octanol–water partition coefficient (Wildman–Crippen LogP) is 1.07. The fraction of sp³-hybridized carbons (Fsp3) is 0.846. The molecule has 0 saturated carbocycles. The van der Waals surface area contributed by atoms with Gasteiger partial charge in [-0.25, -0.2) is 0 Å². The first kappa shape index (κ1) is 15.0. The maximum absolute atomic E-state index is 12.0. The molecule has 0 radical (unpaired) electrons. The molecule has 0 aliphatic carbocycles. The molecule has 18 heavy (non-hydrogen) atoms. The predicted molar refractivity (Wildman–Crippen MR) is 69.0 cm³/mol. The summed E-state index contributed by atoms with van der Waals surface area (Å²) in [5.74, 6) is -0.130. The first-order valence-corrected chi connectivity index (χ1v) is 6.66. The second kappa shape index (κ2) is 6.73. The summed E-state index contributed by atoms with van der Waals surface area (Å²) in [7, 11) is 0. The van der Waals surface area contributed by atoms with Gasteiger partial charge in [-0.2, -0.15) is 0 Å². The van der Waals surface area contributed by atoms with Crippen LogP contribution in [-0.4, -0.2) is 41.0 Å². The molecule has 1 aliphatic heterocycles. The fourth-order valence-electron chi connectivity index (χ4n) is 2.45. The Kier molecular flexibility index (Phi) is 5.59. The molecule has 3 N–H and O–H groups in total. The molecule has 1 saturated heterocycles. The molecule has 0 aromatic rings. The van der Waals surface area contributed by atoms with Crippen LogP contribution in [0.4, 0.5) is 0 Å². The average molecular weight is 256 g/mol. The SMILES string of the molecule is CC(C)C[C@H](N)C(=O)N1CCC(CC(=O)O)CC1. The van der Waals surface area contributed by atoms with Crippen LogP contribution < -0.4 is 5.73 Å². The molecule has 1 fully saturated rings. The summed E-state index contributed by atoms with van der Waals surface area (Å²) in [4.78, 5) is 24.4. The number of aliphatic carboxylic acids is 1. The Hall–Kier alpha value is -1.10. The second-order valence-corrected chi connectivity index (χ2v) is 5.60. The van der Waals surface area contributed by atoms with Crippen molar-refractivity contribution in [1.82, 2.24) is 4.90 Å². The van der Waals surface area contributed by atoms with E-state index in [1.807, 2.05) is 13.8 Å². The van der Waals surface area contributed by atoms with E-state index in [1.54, 1.807) is 4.90 Å². The summed E-state index contributed by atoms with van der Waals surface area (Å²) >= 11 is 0. The van der Waals surface area contributed by atoms with Crippen LogP contribution in [0.3, 0.4) is 0 Å². The van der Waals surface area contributed by atoms with E-state index in [2.05, 4.69) is 0 Å². The summed E-state index contributed by atoms with van der Waals surface area (Å²) in [5.41, 5.74) is 5.88. The van der Waals surface area contributed by atoms with Crippen molar-refractivity contribution >= 4 is 11.9 Å². The molecular weight excluding hydrogens is 232 g/mol. The Morgan fingerprint density at radius 3 is 2.33 bits per heavy atom. The summed E-state index contributed by atoms with van der Waals surface area (Å²) in [6, 6.07) is -0.416. The molecule has 1 atom stereocenters. The number of nitrogens with two attached hydrogens (primary N) is 1. The minimum Gasteiger partial charge on any atom is -0.481 e. The van der Waals surface area contributed by atoms with Crippen molar-refractivity contribution in [2.24, 2.45) is 17.6 Å². The van der Waals surface area contributed by atoms with Gasteiger partial charge < -0.3 is 15.7 Å². The highest BCUT2D eigenvalue weighted by Gasteiger charge is 2.27. The largest absolute Gasteiger partial charge is 0.481 e. The summed E-state index contributed by atoms with van der Waals surface area (Å²) in [5, 5.41) is 8.73. The Morgan fingerprint density at radius 1 is 1.33 bits per heavy atom. The average Bonchev–Trinajstić information content (AvgIpc) is 2.27. The second-order valence-electron chi connectivity index (χ2n) is 5.60. The molecule has 1 amide bonds. The van der Waals surface area contributed by atoms with Crippen LogP contribution in [0.15, 0.2) is 0 Å². The zero-order valence-electron chi connectivity index (χ0n) is 11.3. The third kappa shape index (κ3) is 4.64. The van der Waals surface area contributed by atoms with Crippen LogP contribution in [0.25, 0.3) is 0 Å². The normalized spacial score (nSPS) is 19.0. The Balaban J connectivity index is 2.38. The van der Waals surface area contributed by atoms with Gasteiger partial charge in [-0.05, 0) is 31.1 Å². The van der Waals surface area contributed by atoms with Gasteiger partial charge in [0.25, 0.3) is 0 Å². The molecule has 0 spiro atoms. The molecule has 1 rings (SSSR count). The van der Waals surface area contributed by atoms with Gasteiger partial charge in [0.2, 0.25) is 5.91 Å². The van der Waals surface area contributed by atoms with Crippen LogP contribution in [-0.2, 0) is 9.59 Å². The lowest BCUT2D eigenvalue weighted by Crippen LogP contribution is -2.47. The third-order valence-corrected chi connectivity index (χ3v) is 3.43. The Labute approximate surface area is 108 Å². The number of nitrogens with zero attached hydrogens (tertiary/aromatic N) is 1. The van der Waals surface area contributed by atoms with Crippen molar-refractivity contribution in [2.45, 2.75) is 45.6 Å². The number of carboxylic acid groups (broad SMARTS) is 1. The molecule has 0 aromatic carbocycles. The van der Waals surface area contributed by atoms with Crippen LogP contribution in [0, 0.1) is 11.8 Å². The monoisotopic (exact) mass is 256 g/mol. The molecule has 104 valence electrons. The number of likely N-dealkylation sites (tertiary alicyclic amines) is 1. The standard InChI is InChI=1S/C13H24N2O3/c1-9(2)7-11(14)13(18)15-5-3-10(4-6-15)8-12(16)17/h9-11H,3-8,14H2,1-2H3,(H,16,17)/t11-/m0/s1. The minimum absolute atomic E-state index is 0.0116. The topological polar surface area (TPSA) is 83.6 Å². The quantitative estimate of drug-likeness (QED) is 0.770. The maximum atomic E-state index is 12.0. The molecule has 5 heteroatoms. The van der Waals surface area contributed by atoms with Crippen LogP contribution in [0.1, 0.15) is 39.5 Å². The highest BCUT2D eigenvalue weighted by atomic mass is 16.4. The molecule has 0 aromatic heterocycles. The van der Waals surface area contributed by atoms with Gasteiger partial charge in [0.15, 0.2) is 0 Å². The van der Waals surface area contributed by atoms with E-state index in [9.17, 15) is 9.59 Å². The number of hydrogen-bond acceptors (Lipinski definition) is 3. The lowest BCUT2D eigenvalue weighted by atomic mass is 9.93. The van der Waals surface area contributed by atoms with E-state index in [-0.39, 0.29) is 18.2 Å². The van der Waals surface area contributed by atoms with Crippen LogP contribution in [0.2, 0.25) is 0 Å². The van der Waals surface area contributed by atoms with Gasteiger partial charge >= 0.3 is 5.97 Å². The van der Waals surface area contributed by atoms with Gasteiger partial charge in [-0.15, -0.1) is 0 Å². The van der Waals surface area contributed by atoms with E-state index >= 15 is 0 Å². The first-order valence-electron chi connectivity index (χ1n) is 6.66. The lowest BCUT2D eigenvalue weighted by Gasteiger charge is -2.33. The molecular formula is C13H24N2O3. The van der Waals surface area contributed by atoms with Crippen molar-refractivity contribution in [2.75, 3.05) is 13.1 Å². The summed E-state index contributed by atoms with van der Waals surface area (Å²) in [6.07, 6.45) is 2.45. The van der Waals surface area contributed by atoms with E-state index < -0.39 is 12.0 Å². The number of carbonyl (C=O) groups is 2. The van der Waals surface area contributed by atoms with E-state index in [0.29, 0.717) is 25.4 Å². The Morgan fingerprint density at radius 2 is 1.89 bits per heavy atom. The van der Waals surface area contributed by atoms with Gasteiger partial charge in [0, 0.05) is 19.5 Å². The number of carboxylic acids is 1. The van der Waals surface area contributed by atoms with E-state index in [4.69, 9.17) is 10.8 Å². The zero-order chi connectivity index (χ0) is 13.7. The van der Waals surface area contributed by atoms with Crippen molar-refractivity contribution in [3.63, 3.8) is 0 Å². The van der Waals surface area contributed by atoms with Gasteiger partial charge in [-0.1, -0.05) is 13.8 Å². The van der Waals surface area contributed by atoms with E-state index in [1.165, 1.54) is 0 Å². The van der Waals surface area contributed by atoms with Crippen molar-refractivity contribution < 1.29 is 14.7 Å². The van der Waals surface area contributed by atoms with Crippen LogP contribution in [0.5, 0.6) is 0 Å². The van der Waals surface area contributed by atoms with Gasteiger partial charge in [-0.3, -0.25) is 9.59 Å². The number of hydrogen-bond donors (Lipinski definition) is 2. The third-order valence-electron chi connectivity index (χ3n) is 3.43. The minimum atomic E-state index is -0.753. The molecule has 0 unspecified atom stereocenters. The summed E-state index contributed by atoms with van der Waals surface area (Å²) < 4.78 is 0. The lowest BCUT2D eigenvalue weighted by molar-refractivity contribution is -0.139. The van der Waals surface area contributed by atoms with Crippen LogP contribution >= 0.6 is 0 Å². The van der Waals surface area contributed by atoms with Gasteiger partial charge in [0.05, 0.1) is 6.04 Å². The van der Waals surface area contributed by atoms with Crippen molar-refractivity contribution in [1.29, 1.82) is 0 Å². The van der Waals surface area contributed by atoms with E-state index in [0.717, 1.165) is 12.8 Å². The smallest absolute Gasteiger partial charge is 0.303 e. The number of piperidine rings is 1. The maximum Gasteiger partial charge on any atom is 0.303 e. The Bertz CT molecular complexity index is 297. The zero-order valence-corrected chi connectivity index (χ0v) is 11.3. The number of amides is 1. The summed E-state index contributed by atoms with van der Waals surface area (Å²) in [6.45, 7) is 5.38. The molecule has 5 nitrogen and oxygen atoms in total. The number of rotatable bonds is 5. The van der Waals surface area contributed by atoms with Crippen molar-refractivity contribution in [3.05, 3.63) is 0 Å². The first-order chi connectivity index (χ1) is 8.40. The fourth-order valence-corrected chi connectivity index (χ4v) is 2.45. The van der Waals surface area contributed by atoms with Gasteiger partial charge in [0.1, 0.15) is 0 Å². The molecule has 1 aliphatic rings. The highest BCUT2D eigenvalue weighted by molar-refractivity contribution is 5.81. The van der Waals surface area contributed by atoms with Crippen molar-refractivity contribution in [3.8, 4) is 0 Å².